The number of nitrogens with zero attached hydrogens (tertiary/aromatic N) is 1. The fraction of sp³-hybridized carbons (Fsp3) is 0.391. The van der Waals surface area contributed by atoms with Gasteiger partial charge in [-0.1, -0.05) is 30.7 Å². The number of aromatic nitrogens is 1. The second-order valence-electron chi connectivity index (χ2n) is 7.58. The van der Waals surface area contributed by atoms with E-state index in [-0.39, 0.29) is 11.7 Å². The number of allylic oxidation sites excluding steroid dienone is 1. The summed E-state index contributed by atoms with van der Waals surface area (Å²) in [5.41, 5.74) is 1.88. The molecule has 1 fully saturated rings. The summed E-state index contributed by atoms with van der Waals surface area (Å²) in [6, 6.07) is 7.46. The number of aryl methyl sites for hydroxylation is 1. The molecule has 3 rings (SSSR count). The fourth-order valence-electron chi connectivity index (χ4n) is 2.84. The minimum atomic E-state index is 0.191. The summed E-state index contributed by atoms with van der Waals surface area (Å²) in [6.07, 6.45) is 8.80. The van der Waals surface area contributed by atoms with Crippen molar-refractivity contribution >= 4 is 23.5 Å². The minimum Gasteiger partial charge on any atom is -0.493 e. The first-order valence-electron chi connectivity index (χ1n) is 9.65. The number of carbonyl (C=O) groups excluding carboxylic acids is 1. The van der Waals surface area contributed by atoms with Gasteiger partial charge in [-0.05, 0) is 62.3 Å². The number of pyridine rings is 1. The molecule has 1 aliphatic rings. The quantitative estimate of drug-likeness (QED) is 0.499. The molecule has 0 saturated heterocycles. The highest BCUT2D eigenvalue weighted by Gasteiger charge is 2.22. The van der Waals surface area contributed by atoms with Gasteiger partial charge in [0.2, 0.25) is 5.88 Å². The van der Waals surface area contributed by atoms with Gasteiger partial charge in [-0.25, -0.2) is 4.98 Å². The van der Waals surface area contributed by atoms with E-state index < -0.39 is 0 Å². The number of carbonyl (C=O) groups is 1. The Hall–Kier alpha value is -2.33. The Kier molecular flexibility index (Phi) is 6.74. The molecule has 1 aromatic heterocycles. The molecule has 1 aromatic carbocycles. The first-order chi connectivity index (χ1) is 13.4. The van der Waals surface area contributed by atoms with Crippen molar-refractivity contribution in [3.05, 3.63) is 52.7 Å². The SMILES string of the molecule is CC(=O)C[C@@H](C)/C=C/c1cnc(Oc2ccc(OCC3CC3)cc2Cl)c(C)c1. The second kappa shape index (κ2) is 9.24. The maximum atomic E-state index is 11.2. The van der Waals surface area contributed by atoms with E-state index in [1.54, 1.807) is 19.2 Å². The van der Waals surface area contributed by atoms with E-state index in [9.17, 15) is 4.79 Å². The fourth-order valence-corrected chi connectivity index (χ4v) is 3.04. The average molecular weight is 400 g/mol. The topological polar surface area (TPSA) is 48.4 Å². The van der Waals surface area contributed by atoms with Gasteiger partial charge in [0, 0.05) is 24.2 Å². The van der Waals surface area contributed by atoms with Gasteiger partial charge in [-0.3, -0.25) is 0 Å². The summed E-state index contributed by atoms with van der Waals surface area (Å²) in [6.45, 7) is 6.33. The predicted octanol–water partition coefficient (Wildman–Crippen LogP) is 6.25. The molecule has 5 heteroatoms. The van der Waals surface area contributed by atoms with Gasteiger partial charge in [-0.15, -0.1) is 0 Å². The molecule has 0 radical (unpaired) electrons. The summed E-state index contributed by atoms with van der Waals surface area (Å²) in [7, 11) is 0. The molecule has 1 atom stereocenters. The lowest BCUT2D eigenvalue weighted by atomic mass is 10.0. The van der Waals surface area contributed by atoms with E-state index in [2.05, 4.69) is 4.98 Å². The first kappa shape index (κ1) is 20.4. The standard InChI is InChI=1S/C23H26ClNO3/c1-15(10-17(3)26)4-5-19-11-16(2)23(25-13-19)28-22-9-8-20(12-21(22)24)27-14-18-6-7-18/h4-5,8-9,11-13,15,18H,6-7,10,14H2,1-3H3/b5-4+/t15-/m0/s1. The maximum absolute atomic E-state index is 11.2. The highest BCUT2D eigenvalue weighted by molar-refractivity contribution is 6.32. The molecule has 0 unspecified atom stereocenters. The van der Waals surface area contributed by atoms with E-state index >= 15 is 0 Å². The summed E-state index contributed by atoms with van der Waals surface area (Å²) in [5.74, 6) is 2.91. The molecule has 1 aliphatic carbocycles. The Balaban J connectivity index is 1.63. The van der Waals surface area contributed by atoms with Crippen molar-refractivity contribution in [1.82, 2.24) is 4.98 Å². The highest BCUT2D eigenvalue weighted by Crippen LogP contribution is 2.34. The van der Waals surface area contributed by atoms with Crippen LogP contribution in [0.25, 0.3) is 6.08 Å². The summed E-state index contributed by atoms with van der Waals surface area (Å²) in [5, 5.41) is 0.497. The maximum Gasteiger partial charge on any atom is 0.222 e. The van der Waals surface area contributed by atoms with Gasteiger partial charge in [-0.2, -0.15) is 0 Å². The molecule has 1 saturated carbocycles. The summed E-state index contributed by atoms with van der Waals surface area (Å²) < 4.78 is 11.6. The lowest BCUT2D eigenvalue weighted by molar-refractivity contribution is -0.117. The summed E-state index contributed by atoms with van der Waals surface area (Å²) >= 11 is 6.35. The van der Waals surface area contributed by atoms with Crippen molar-refractivity contribution in [2.45, 2.75) is 40.0 Å². The zero-order valence-corrected chi connectivity index (χ0v) is 17.3. The van der Waals surface area contributed by atoms with Crippen LogP contribution < -0.4 is 9.47 Å². The Bertz CT molecular complexity index is 874. The summed E-state index contributed by atoms with van der Waals surface area (Å²) in [4.78, 5) is 15.6. The zero-order valence-electron chi connectivity index (χ0n) is 16.6. The monoisotopic (exact) mass is 399 g/mol. The molecule has 28 heavy (non-hydrogen) atoms. The van der Waals surface area contributed by atoms with E-state index in [4.69, 9.17) is 21.1 Å². The Morgan fingerprint density at radius 3 is 2.79 bits per heavy atom. The van der Waals surface area contributed by atoms with Crippen LogP contribution in [0.15, 0.2) is 36.5 Å². The van der Waals surface area contributed by atoms with E-state index in [1.807, 2.05) is 44.2 Å². The van der Waals surface area contributed by atoms with Gasteiger partial charge in [0.1, 0.15) is 17.3 Å². The van der Waals surface area contributed by atoms with E-state index in [0.29, 0.717) is 29.0 Å². The van der Waals surface area contributed by atoms with Crippen LogP contribution in [0.1, 0.15) is 44.2 Å². The second-order valence-corrected chi connectivity index (χ2v) is 7.99. The molecule has 148 valence electrons. The van der Waals surface area contributed by atoms with Crippen molar-refractivity contribution in [3.8, 4) is 17.4 Å². The van der Waals surface area contributed by atoms with Crippen LogP contribution >= 0.6 is 11.6 Å². The van der Waals surface area contributed by atoms with Crippen molar-refractivity contribution in [2.24, 2.45) is 11.8 Å². The third-order valence-electron chi connectivity index (χ3n) is 4.57. The molecular formula is C23H26ClNO3. The van der Waals surface area contributed by atoms with E-state index in [0.717, 1.165) is 23.5 Å². The molecular weight excluding hydrogens is 374 g/mol. The minimum absolute atomic E-state index is 0.191. The Labute approximate surface area is 171 Å². The van der Waals surface area contributed by atoms with Gasteiger partial charge >= 0.3 is 0 Å². The molecule has 0 spiro atoms. The van der Waals surface area contributed by atoms with Crippen molar-refractivity contribution in [1.29, 1.82) is 0 Å². The number of halogens is 1. The number of ether oxygens (including phenoxy) is 2. The largest absolute Gasteiger partial charge is 0.493 e. The molecule has 1 heterocycles. The lowest BCUT2D eigenvalue weighted by Gasteiger charge is -2.11. The van der Waals surface area contributed by atoms with Crippen LogP contribution in [0.3, 0.4) is 0 Å². The number of hydrogen-bond acceptors (Lipinski definition) is 4. The van der Waals surface area contributed by atoms with Crippen LogP contribution in [0.2, 0.25) is 5.02 Å². The van der Waals surface area contributed by atoms with Gasteiger partial charge in [0.15, 0.2) is 0 Å². The predicted molar refractivity (Wildman–Crippen MR) is 112 cm³/mol. The van der Waals surface area contributed by atoms with E-state index in [1.165, 1.54) is 12.8 Å². The van der Waals surface area contributed by atoms with Crippen molar-refractivity contribution in [2.75, 3.05) is 6.61 Å². The Morgan fingerprint density at radius 1 is 1.36 bits per heavy atom. The van der Waals surface area contributed by atoms with Gasteiger partial charge in [0.05, 0.1) is 11.6 Å². The molecule has 0 bridgehead atoms. The number of Topliss-reactive ketones (excluding diaryl/α,β-unsaturated/α-hetero) is 1. The van der Waals surface area contributed by atoms with Crippen LogP contribution in [0.5, 0.6) is 17.4 Å². The Morgan fingerprint density at radius 2 is 2.14 bits per heavy atom. The molecule has 4 nitrogen and oxygen atoms in total. The van der Waals surface area contributed by atoms with Crippen LogP contribution in [-0.4, -0.2) is 17.4 Å². The zero-order chi connectivity index (χ0) is 20.1. The van der Waals surface area contributed by atoms with Gasteiger partial charge in [0.25, 0.3) is 0 Å². The number of hydrogen-bond donors (Lipinski definition) is 0. The van der Waals surface area contributed by atoms with Crippen LogP contribution in [-0.2, 0) is 4.79 Å². The average Bonchev–Trinajstić information content (AvgIpc) is 3.46. The van der Waals surface area contributed by atoms with Crippen LogP contribution in [0, 0.1) is 18.8 Å². The smallest absolute Gasteiger partial charge is 0.222 e. The first-order valence-corrected chi connectivity index (χ1v) is 10.0. The highest BCUT2D eigenvalue weighted by atomic mass is 35.5. The molecule has 2 aromatic rings. The van der Waals surface area contributed by atoms with Crippen molar-refractivity contribution in [3.63, 3.8) is 0 Å². The molecule has 0 amide bonds. The molecule has 0 aliphatic heterocycles. The number of benzene rings is 1. The normalized spacial score (nSPS) is 14.9. The number of ketones is 1. The lowest BCUT2D eigenvalue weighted by Crippen LogP contribution is -1.99. The third-order valence-corrected chi connectivity index (χ3v) is 4.87. The molecule has 0 N–H and O–H groups in total. The van der Waals surface area contributed by atoms with Crippen molar-refractivity contribution < 1.29 is 14.3 Å². The third kappa shape index (κ3) is 6.10. The van der Waals surface area contributed by atoms with Crippen LogP contribution in [0.4, 0.5) is 0 Å². The number of rotatable bonds is 9. The van der Waals surface area contributed by atoms with Gasteiger partial charge < -0.3 is 14.3 Å².